The number of hydrogen-bond acceptors (Lipinski definition) is 2. The molecular weight excluding hydrogens is 360 g/mol. The van der Waals surface area contributed by atoms with Crippen LogP contribution < -0.4 is 5.69 Å². The molecule has 0 atom stereocenters. The number of benzene rings is 3. The molecule has 3 aromatic carbocycles. The van der Waals surface area contributed by atoms with Crippen LogP contribution in [-0.4, -0.2) is 15.0 Å². The van der Waals surface area contributed by atoms with Crippen molar-refractivity contribution in [2.75, 3.05) is 0 Å². The van der Waals surface area contributed by atoms with Gasteiger partial charge in [0.1, 0.15) is 0 Å². The van der Waals surface area contributed by atoms with Gasteiger partial charge in [-0.15, -0.1) is 0 Å². The van der Waals surface area contributed by atoms with Crippen LogP contribution in [0.5, 0.6) is 0 Å². The molecule has 0 N–H and O–H groups in total. The molecule has 144 valence electrons. The van der Waals surface area contributed by atoms with E-state index in [-0.39, 0.29) is 11.6 Å². The highest BCUT2D eigenvalue weighted by molar-refractivity contribution is 5.88. The summed E-state index contributed by atoms with van der Waals surface area (Å²) < 4.78 is 3.02. The number of carbonyl (C=O) groups is 1. The lowest BCUT2D eigenvalue weighted by Crippen LogP contribution is -2.28. The molecule has 1 heterocycles. The third-order valence-electron chi connectivity index (χ3n) is 5.02. The summed E-state index contributed by atoms with van der Waals surface area (Å²) in [5.41, 5.74) is 4.02. The molecule has 0 unspecified atom stereocenters. The maximum absolute atomic E-state index is 13.3. The quantitative estimate of drug-likeness (QED) is 0.493. The van der Waals surface area contributed by atoms with Gasteiger partial charge < -0.3 is 0 Å². The maximum atomic E-state index is 13.3. The number of aromatic nitrogens is 2. The van der Waals surface area contributed by atoms with Gasteiger partial charge in [0.05, 0.1) is 11.4 Å². The van der Waals surface area contributed by atoms with E-state index in [4.69, 9.17) is 0 Å². The molecule has 0 radical (unpaired) electrons. The second-order valence-electron chi connectivity index (χ2n) is 6.95. The average Bonchev–Trinajstić information content (AvgIpc) is 3.06. The summed E-state index contributed by atoms with van der Waals surface area (Å²) in [7, 11) is 0. The SMILES string of the molecule is CC(=O)n1c(-c2ccccc2)c(-c2ccccc2)n(CCc2ccccc2)c1=O. The summed E-state index contributed by atoms with van der Waals surface area (Å²) in [6.07, 6.45) is 0.705. The lowest BCUT2D eigenvalue weighted by atomic mass is 10.0. The first-order chi connectivity index (χ1) is 14.2. The molecule has 4 rings (SSSR count). The van der Waals surface area contributed by atoms with Crippen molar-refractivity contribution < 1.29 is 4.79 Å². The number of aryl methyl sites for hydroxylation is 1. The van der Waals surface area contributed by atoms with Gasteiger partial charge in [-0.1, -0.05) is 91.0 Å². The van der Waals surface area contributed by atoms with Crippen molar-refractivity contribution in [2.24, 2.45) is 0 Å². The van der Waals surface area contributed by atoms with Crippen LogP contribution in [0.15, 0.2) is 95.8 Å². The zero-order valence-electron chi connectivity index (χ0n) is 16.3. The minimum absolute atomic E-state index is 0.288. The van der Waals surface area contributed by atoms with Gasteiger partial charge in [0.2, 0.25) is 5.91 Å². The molecule has 4 aromatic rings. The third kappa shape index (κ3) is 3.69. The maximum Gasteiger partial charge on any atom is 0.336 e. The Morgan fingerprint density at radius 3 is 1.72 bits per heavy atom. The van der Waals surface area contributed by atoms with E-state index in [0.717, 1.165) is 22.4 Å². The second-order valence-corrected chi connectivity index (χ2v) is 6.95. The Labute approximate surface area is 169 Å². The minimum atomic E-state index is -0.300. The Morgan fingerprint density at radius 2 is 1.21 bits per heavy atom. The molecule has 0 aliphatic rings. The van der Waals surface area contributed by atoms with E-state index in [1.807, 2.05) is 91.0 Å². The van der Waals surface area contributed by atoms with Crippen LogP contribution in [-0.2, 0) is 13.0 Å². The van der Waals surface area contributed by atoms with Gasteiger partial charge in [-0.25, -0.2) is 9.36 Å². The Morgan fingerprint density at radius 1 is 0.724 bits per heavy atom. The molecule has 0 spiro atoms. The van der Waals surface area contributed by atoms with E-state index in [1.54, 1.807) is 4.57 Å². The first kappa shape index (κ1) is 18.7. The number of imidazole rings is 1. The summed E-state index contributed by atoms with van der Waals surface area (Å²) in [5.74, 6) is -0.288. The van der Waals surface area contributed by atoms with Crippen molar-refractivity contribution in [2.45, 2.75) is 19.9 Å². The standard InChI is InChI=1S/C25H22N2O2/c1-19(28)27-24(22-15-9-4-10-16-22)23(21-13-7-3-8-14-21)26(25(27)29)18-17-20-11-5-2-6-12-20/h2-16H,17-18H2,1H3. The molecule has 0 aliphatic heterocycles. The van der Waals surface area contributed by atoms with Crippen molar-refractivity contribution in [3.8, 4) is 22.5 Å². The zero-order valence-corrected chi connectivity index (χ0v) is 16.3. The van der Waals surface area contributed by atoms with Gasteiger partial charge in [0.25, 0.3) is 0 Å². The molecule has 1 aromatic heterocycles. The fourth-order valence-corrected chi connectivity index (χ4v) is 3.68. The minimum Gasteiger partial charge on any atom is -0.291 e. The summed E-state index contributed by atoms with van der Waals surface area (Å²) in [5, 5.41) is 0. The first-order valence-electron chi connectivity index (χ1n) is 9.68. The van der Waals surface area contributed by atoms with Crippen LogP contribution in [0.1, 0.15) is 17.3 Å². The molecule has 0 amide bonds. The van der Waals surface area contributed by atoms with E-state index in [1.165, 1.54) is 11.5 Å². The fourth-order valence-electron chi connectivity index (χ4n) is 3.68. The van der Waals surface area contributed by atoms with Crippen molar-refractivity contribution >= 4 is 5.91 Å². The monoisotopic (exact) mass is 382 g/mol. The van der Waals surface area contributed by atoms with Crippen LogP contribution in [0.4, 0.5) is 0 Å². The van der Waals surface area contributed by atoms with E-state index >= 15 is 0 Å². The largest absolute Gasteiger partial charge is 0.336 e. The highest BCUT2D eigenvalue weighted by atomic mass is 16.2. The average molecular weight is 382 g/mol. The Kier molecular flexibility index (Phi) is 5.25. The van der Waals surface area contributed by atoms with E-state index in [9.17, 15) is 9.59 Å². The van der Waals surface area contributed by atoms with Crippen molar-refractivity contribution in [3.63, 3.8) is 0 Å². The molecule has 0 fully saturated rings. The van der Waals surface area contributed by atoms with Crippen molar-refractivity contribution in [3.05, 3.63) is 107 Å². The smallest absolute Gasteiger partial charge is 0.291 e. The highest BCUT2D eigenvalue weighted by Crippen LogP contribution is 2.32. The number of nitrogens with zero attached hydrogens (tertiary/aromatic N) is 2. The summed E-state index contributed by atoms with van der Waals surface area (Å²) in [4.78, 5) is 25.8. The molecule has 4 heteroatoms. The van der Waals surface area contributed by atoms with Crippen LogP contribution >= 0.6 is 0 Å². The molecule has 0 saturated carbocycles. The predicted molar refractivity (Wildman–Crippen MR) is 116 cm³/mol. The predicted octanol–water partition coefficient (Wildman–Crippen LogP) is 4.89. The van der Waals surface area contributed by atoms with Gasteiger partial charge in [-0.3, -0.25) is 9.36 Å². The van der Waals surface area contributed by atoms with Crippen molar-refractivity contribution in [1.29, 1.82) is 0 Å². The molecular formula is C25H22N2O2. The third-order valence-corrected chi connectivity index (χ3v) is 5.02. The van der Waals surface area contributed by atoms with E-state index < -0.39 is 0 Å². The Balaban J connectivity index is 1.94. The molecule has 0 bridgehead atoms. The Bertz CT molecular complexity index is 1170. The highest BCUT2D eigenvalue weighted by Gasteiger charge is 2.24. The van der Waals surface area contributed by atoms with Gasteiger partial charge in [0, 0.05) is 24.6 Å². The molecule has 4 nitrogen and oxygen atoms in total. The first-order valence-corrected chi connectivity index (χ1v) is 9.68. The van der Waals surface area contributed by atoms with E-state index in [2.05, 4.69) is 0 Å². The topological polar surface area (TPSA) is 44.0 Å². The van der Waals surface area contributed by atoms with Gasteiger partial charge in [-0.05, 0) is 12.0 Å². The molecule has 0 aliphatic carbocycles. The summed E-state index contributed by atoms with van der Waals surface area (Å²) in [6.45, 7) is 1.93. The molecule has 0 saturated heterocycles. The van der Waals surface area contributed by atoms with Gasteiger partial charge in [0.15, 0.2) is 0 Å². The van der Waals surface area contributed by atoms with Crippen LogP contribution in [0.3, 0.4) is 0 Å². The van der Waals surface area contributed by atoms with Crippen LogP contribution in [0.2, 0.25) is 0 Å². The van der Waals surface area contributed by atoms with E-state index in [0.29, 0.717) is 18.7 Å². The summed E-state index contributed by atoms with van der Waals surface area (Å²) >= 11 is 0. The van der Waals surface area contributed by atoms with Gasteiger partial charge in [-0.2, -0.15) is 0 Å². The fraction of sp³-hybridized carbons (Fsp3) is 0.120. The zero-order chi connectivity index (χ0) is 20.2. The molecule has 29 heavy (non-hydrogen) atoms. The Hall–Kier alpha value is -3.66. The van der Waals surface area contributed by atoms with Gasteiger partial charge >= 0.3 is 5.69 Å². The lowest BCUT2D eigenvalue weighted by Gasteiger charge is -2.11. The number of rotatable bonds is 5. The van der Waals surface area contributed by atoms with Crippen LogP contribution in [0, 0.1) is 0 Å². The lowest BCUT2D eigenvalue weighted by molar-refractivity contribution is 0.0933. The van der Waals surface area contributed by atoms with Crippen molar-refractivity contribution in [1.82, 2.24) is 9.13 Å². The summed E-state index contributed by atoms with van der Waals surface area (Å²) in [6, 6.07) is 29.5. The number of carbonyl (C=O) groups excluding carboxylic acids is 1. The van der Waals surface area contributed by atoms with Crippen LogP contribution in [0.25, 0.3) is 22.5 Å². The number of hydrogen-bond donors (Lipinski definition) is 0. The normalized spacial score (nSPS) is 10.8. The second kappa shape index (κ2) is 8.15.